The lowest BCUT2D eigenvalue weighted by molar-refractivity contribution is -0.0100. The number of amides is 1. The van der Waals surface area contributed by atoms with E-state index in [0.717, 1.165) is 42.7 Å². The Bertz CT molecular complexity index is 866. The average molecular weight is 398 g/mol. The smallest absolute Gasteiger partial charge is 0.292 e. The molecule has 156 valence electrons. The van der Waals surface area contributed by atoms with E-state index in [1.54, 1.807) is 6.07 Å². The van der Waals surface area contributed by atoms with Crippen LogP contribution >= 0.6 is 0 Å². The zero-order chi connectivity index (χ0) is 20.6. The summed E-state index contributed by atoms with van der Waals surface area (Å²) in [6.45, 7) is 5.17. The molecule has 2 aliphatic rings. The van der Waals surface area contributed by atoms with Gasteiger partial charge in [-0.1, -0.05) is 37.2 Å². The minimum atomic E-state index is -0.352. The third kappa shape index (κ3) is 4.04. The number of fused-ring (bicyclic) bond motifs is 1. The van der Waals surface area contributed by atoms with Gasteiger partial charge in [-0.15, -0.1) is 0 Å². The number of hydrogen-bond acceptors (Lipinski definition) is 5. The summed E-state index contributed by atoms with van der Waals surface area (Å²) in [4.78, 5) is 17.5. The third-order valence-corrected chi connectivity index (χ3v) is 6.35. The van der Waals surface area contributed by atoms with Crippen molar-refractivity contribution >= 4 is 5.91 Å². The average Bonchev–Trinajstić information content (AvgIpc) is 3.13. The predicted octanol–water partition coefficient (Wildman–Crippen LogP) is 4.08. The van der Waals surface area contributed by atoms with E-state index in [9.17, 15) is 4.79 Å². The highest BCUT2D eigenvalue weighted by atomic mass is 16.5. The molecular weight excluding hydrogens is 366 g/mol. The van der Waals surface area contributed by atoms with Gasteiger partial charge in [0.1, 0.15) is 11.4 Å². The zero-order valence-electron chi connectivity index (χ0n) is 17.9. The number of benzene rings is 1. The van der Waals surface area contributed by atoms with Gasteiger partial charge in [0, 0.05) is 24.2 Å². The van der Waals surface area contributed by atoms with Gasteiger partial charge in [-0.25, -0.2) is 0 Å². The fraction of sp³-hybridized carbons (Fsp3) is 0.565. The van der Waals surface area contributed by atoms with E-state index in [0.29, 0.717) is 24.9 Å². The second-order valence-electron chi connectivity index (χ2n) is 9.02. The molecule has 1 aliphatic carbocycles. The Morgan fingerprint density at radius 3 is 2.62 bits per heavy atom. The molecule has 6 nitrogen and oxygen atoms in total. The molecule has 0 bridgehead atoms. The molecule has 6 heteroatoms. The van der Waals surface area contributed by atoms with Gasteiger partial charge in [-0.2, -0.15) is 0 Å². The third-order valence-electron chi connectivity index (χ3n) is 6.35. The van der Waals surface area contributed by atoms with Gasteiger partial charge < -0.3 is 19.1 Å². The lowest BCUT2D eigenvalue weighted by Crippen LogP contribution is -2.51. The van der Waals surface area contributed by atoms with E-state index >= 15 is 0 Å². The van der Waals surface area contributed by atoms with Crippen molar-refractivity contribution in [1.29, 1.82) is 0 Å². The largest absolute Gasteiger partial charge is 0.485 e. The number of carbonyl (C=O) groups is 1. The van der Waals surface area contributed by atoms with Crippen LogP contribution in [0.3, 0.4) is 0 Å². The standard InChI is InChI=1S/C23H31N3O3/c1-16(2)19-13-21(29-24-19)22(27)26-14-17-7-5-6-8-20(17)28-23(15-26)11-9-18(10-12-23)25(3)4/h5-8,13,16,18H,9-12,14-15H2,1-4H3. The van der Waals surface area contributed by atoms with Crippen LogP contribution in [-0.2, 0) is 6.54 Å². The lowest BCUT2D eigenvalue weighted by atomic mass is 9.81. The Hall–Kier alpha value is -2.34. The molecule has 2 heterocycles. The van der Waals surface area contributed by atoms with Crippen molar-refractivity contribution in [3.63, 3.8) is 0 Å². The van der Waals surface area contributed by atoms with Gasteiger partial charge in [0.25, 0.3) is 5.91 Å². The highest BCUT2D eigenvalue weighted by Gasteiger charge is 2.43. The second kappa shape index (κ2) is 7.82. The summed E-state index contributed by atoms with van der Waals surface area (Å²) in [6.07, 6.45) is 4.00. The van der Waals surface area contributed by atoms with Gasteiger partial charge in [0.05, 0.1) is 12.2 Å². The van der Waals surface area contributed by atoms with Crippen LogP contribution < -0.4 is 4.74 Å². The number of rotatable bonds is 3. The highest BCUT2D eigenvalue weighted by molar-refractivity contribution is 5.91. The maximum absolute atomic E-state index is 13.3. The molecule has 1 fully saturated rings. The molecule has 1 aliphatic heterocycles. The first-order chi connectivity index (χ1) is 13.9. The van der Waals surface area contributed by atoms with Crippen LogP contribution in [0.5, 0.6) is 5.75 Å². The number of ether oxygens (including phenoxy) is 1. The Morgan fingerprint density at radius 1 is 1.24 bits per heavy atom. The van der Waals surface area contributed by atoms with Crippen molar-refractivity contribution in [2.75, 3.05) is 20.6 Å². The number of nitrogens with zero attached hydrogens (tertiary/aromatic N) is 3. The maximum Gasteiger partial charge on any atom is 0.292 e. The van der Waals surface area contributed by atoms with Gasteiger partial charge in [-0.05, 0) is 51.8 Å². The van der Waals surface area contributed by atoms with Crippen LogP contribution in [-0.4, -0.2) is 53.1 Å². The molecule has 4 rings (SSSR count). The molecule has 0 saturated heterocycles. The number of hydrogen-bond donors (Lipinski definition) is 0. The number of aromatic nitrogens is 1. The van der Waals surface area contributed by atoms with Crippen molar-refractivity contribution < 1.29 is 14.1 Å². The van der Waals surface area contributed by atoms with Crippen molar-refractivity contribution in [2.24, 2.45) is 0 Å². The fourth-order valence-electron chi connectivity index (χ4n) is 4.48. The predicted molar refractivity (Wildman–Crippen MR) is 111 cm³/mol. The van der Waals surface area contributed by atoms with Crippen molar-refractivity contribution in [1.82, 2.24) is 15.0 Å². The van der Waals surface area contributed by atoms with E-state index in [1.165, 1.54) is 0 Å². The molecule has 29 heavy (non-hydrogen) atoms. The van der Waals surface area contributed by atoms with Crippen LogP contribution in [0.1, 0.15) is 67.3 Å². The van der Waals surface area contributed by atoms with Gasteiger partial charge >= 0.3 is 0 Å². The highest BCUT2D eigenvalue weighted by Crippen LogP contribution is 2.39. The number of carbonyl (C=O) groups excluding carboxylic acids is 1. The van der Waals surface area contributed by atoms with E-state index < -0.39 is 0 Å². The summed E-state index contributed by atoms with van der Waals surface area (Å²) in [6, 6.07) is 10.4. The van der Waals surface area contributed by atoms with E-state index in [2.05, 4.69) is 24.2 Å². The first-order valence-corrected chi connectivity index (χ1v) is 10.6. The van der Waals surface area contributed by atoms with Crippen molar-refractivity contribution in [2.45, 2.75) is 63.6 Å². The maximum atomic E-state index is 13.3. The van der Waals surface area contributed by atoms with Crippen LogP contribution in [0.25, 0.3) is 0 Å². The summed E-state index contributed by atoms with van der Waals surface area (Å²) < 4.78 is 12.0. The molecule has 1 aromatic carbocycles. The van der Waals surface area contributed by atoms with E-state index in [1.807, 2.05) is 43.0 Å². The van der Waals surface area contributed by atoms with Crippen LogP contribution in [0.2, 0.25) is 0 Å². The Balaban J connectivity index is 1.62. The second-order valence-corrected chi connectivity index (χ2v) is 9.02. The van der Waals surface area contributed by atoms with Crippen molar-refractivity contribution in [3.05, 3.63) is 47.3 Å². The lowest BCUT2D eigenvalue weighted by Gasteiger charge is -2.42. The quantitative estimate of drug-likeness (QED) is 0.781. The van der Waals surface area contributed by atoms with E-state index in [4.69, 9.17) is 9.26 Å². The van der Waals surface area contributed by atoms with Gasteiger partial charge in [-0.3, -0.25) is 4.79 Å². The van der Waals surface area contributed by atoms with Crippen LogP contribution in [0, 0.1) is 0 Å². The van der Waals surface area contributed by atoms with Crippen molar-refractivity contribution in [3.8, 4) is 5.75 Å². The molecule has 0 N–H and O–H groups in total. The van der Waals surface area contributed by atoms with E-state index in [-0.39, 0.29) is 17.4 Å². The monoisotopic (exact) mass is 397 g/mol. The molecule has 1 spiro atoms. The molecule has 1 aromatic heterocycles. The number of para-hydroxylation sites is 1. The molecular formula is C23H31N3O3. The van der Waals surface area contributed by atoms with Gasteiger partial charge in [0.15, 0.2) is 0 Å². The zero-order valence-corrected chi connectivity index (χ0v) is 17.9. The SMILES string of the molecule is CC(C)c1cc(C(=O)N2Cc3ccccc3OC3(CCC(N(C)C)CC3)C2)on1. The summed E-state index contributed by atoms with van der Waals surface area (Å²) in [5.74, 6) is 1.32. The van der Waals surface area contributed by atoms with Crippen LogP contribution in [0.15, 0.2) is 34.9 Å². The Morgan fingerprint density at radius 2 is 1.97 bits per heavy atom. The molecule has 1 amide bonds. The Kier molecular flexibility index (Phi) is 5.38. The summed E-state index contributed by atoms with van der Waals surface area (Å²) >= 11 is 0. The Labute approximate surface area is 172 Å². The normalized spacial score (nSPS) is 24.5. The summed E-state index contributed by atoms with van der Waals surface area (Å²) in [7, 11) is 4.27. The first-order valence-electron chi connectivity index (χ1n) is 10.6. The minimum Gasteiger partial charge on any atom is -0.485 e. The minimum absolute atomic E-state index is 0.112. The summed E-state index contributed by atoms with van der Waals surface area (Å²) in [5, 5.41) is 4.07. The molecule has 0 radical (unpaired) electrons. The van der Waals surface area contributed by atoms with Gasteiger partial charge in [0.2, 0.25) is 5.76 Å². The molecule has 2 aromatic rings. The molecule has 0 unspecified atom stereocenters. The molecule has 0 atom stereocenters. The summed E-state index contributed by atoms with van der Waals surface area (Å²) in [5.41, 5.74) is 1.49. The fourth-order valence-corrected chi connectivity index (χ4v) is 4.48. The first kappa shape index (κ1) is 20.0. The topological polar surface area (TPSA) is 58.8 Å². The van der Waals surface area contributed by atoms with Crippen LogP contribution in [0.4, 0.5) is 0 Å². The molecule has 1 saturated carbocycles.